The molecule has 1 N–H and O–H groups in total. The molecular formula is C19H19Cl2N3. The van der Waals surface area contributed by atoms with Gasteiger partial charge in [-0.05, 0) is 42.3 Å². The largest absolute Gasteiger partial charge is 0.319 e. The van der Waals surface area contributed by atoms with Gasteiger partial charge in [0, 0.05) is 40.9 Å². The molecule has 0 spiro atoms. The predicted octanol–water partition coefficient (Wildman–Crippen LogP) is 4.70. The number of fused-ring (bicyclic) bond motifs is 3. The Bertz CT molecular complexity index is 840. The van der Waals surface area contributed by atoms with Crippen molar-refractivity contribution in [2.24, 2.45) is 0 Å². The highest BCUT2D eigenvalue weighted by Gasteiger charge is 2.24. The molecule has 0 amide bonds. The third kappa shape index (κ3) is 2.84. The number of pyridine rings is 1. The van der Waals surface area contributed by atoms with E-state index in [-0.39, 0.29) is 18.4 Å². The minimum absolute atomic E-state index is 0. The Labute approximate surface area is 153 Å². The second-order valence-electron chi connectivity index (χ2n) is 5.79. The van der Waals surface area contributed by atoms with Gasteiger partial charge in [0.15, 0.2) is 0 Å². The van der Waals surface area contributed by atoms with E-state index < -0.39 is 0 Å². The van der Waals surface area contributed by atoms with Crippen LogP contribution in [0.15, 0.2) is 54.9 Å². The van der Waals surface area contributed by atoms with E-state index in [9.17, 15) is 0 Å². The van der Waals surface area contributed by atoms with E-state index in [1.807, 2.05) is 18.3 Å². The summed E-state index contributed by atoms with van der Waals surface area (Å²) in [5.41, 5.74) is 5.77. The first kappa shape index (κ1) is 17.0. The fourth-order valence-electron chi connectivity index (χ4n) is 3.21. The molecule has 3 aromatic rings. The molecule has 1 atom stereocenters. The van der Waals surface area contributed by atoms with Gasteiger partial charge in [0.05, 0.1) is 11.7 Å². The highest BCUT2D eigenvalue weighted by molar-refractivity contribution is 6.31. The summed E-state index contributed by atoms with van der Waals surface area (Å²) < 4.78 is 2.22. The molecular weight excluding hydrogens is 341 g/mol. The number of benzene rings is 1. The van der Waals surface area contributed by atoms with Crippen LogP contribution in [0.5, 0.6) is 0 Å². The standard InChI is InChI=1S/C19H18ClN3.ClH/c1-2-14-9-8-13(11-21-14)19-18-7-4-10-23(18)17-6-3-5-16(20)15(17)12-22-19;/h3-11,19,22H,2,12H2,1H3;1H. The molecule has 3 nitrogen and oxygen atoms in total. The quantitative estimate of drug-likeness (QED) is 0.718. The van der Waals surface area contributed by atoms with E-state index in [4.69, 9.17) is 11.6 Å². The number of hydrogen-bond acceptors (Lipinski definition) is 2. The van der Waals surface area contributed by atoms with Crippen molar-refractivity contribution in [1.29, 1.82) is 0 Å². The second-order valence-corrected chi connectivity index (χ2v) is 6.20. The summed E-state index contributed by atoms with van der Waals surface area (Å²) in [5, 5.41) is 4.43. The summed E-state index contributed by atoms with van der Waals surface area (Å²) in [4.78, 5) is 4.55. The number of aryl methyl sites for hydroxylation is 1. The van der Waals surface area contributed by atoms with Crippen LogP contribution in [0.4, 0.5) is 0 Å². The Hall–Kier alpha value is -1.81. The van der Waals surface area contributed by atoms with Crippen molar-refractivity contribution >= 4 is 24.0 Å². The average molecular weight is 360 g/mol. The zero-order valence-corrected chi connectivity index (χ0v) is 14.9. The lowest BCUT2D eigenvalue weighted by Gasteiger charge is -2.18. The van der Waals surface area contributed by atoms with Crippen molar-refractivity contribution in [2.45, 2.75) is 25.9 Å². The van der Waals surface area contributed by atoms with E-state index in [0.29, 0.717) is 0 Å². The van der Waals surface area contributed by atoms with Crippen LogP contribution in [0.3, 0.4) is 0 Å². The van der Waals surface area contributed by atoms with Gasteiger partial charge in [-0.25, -0.2) is 0 Å². The molecule has 0 fully saturated rings. The Morgan fingerprint density at radius 3 is 2.83 bits per heavy atom. The molecule has 0 saturated carbocycles. The number of nitrogens with zero attached hydrogens (tertiary/aromatic N) is 2. The maximum absolute atomic E-state index is 6.42. The van der Waals surface area contributed by atoms with E-state index >= 15 is 0 Å². The average Bonchev–Trinajstić information content (AvgIpc) is 3.00. The van der Waals surface area contributed by atoms with Crippen molar-refractivity contribution in [2.75, 3.05) is 0 Å². The highest BCUT2D eigenvalue weighted by atomic mass is 35.5. The summed E-state index contributed by atoms with van der Waals surface area (Å²) >= 11 is 6.42. The van der Waals surface area contributed by atoms with Crippen LogP contribution in [-0.4, -0.2) is 9.55 Å². The van der Waals surface area contributed by atoms with Gasteiger partial charge < -0.3 is 9.88 Å². The van der Waals surface area contributed by atoms with Gasteiger partial charge in [-0.3, -0.25) is 4.98 Å². The monoisotopic (exact) mass is 359 g/mol. The molecule has 1 unspecified atom stereocenters. The minimum Gasteiger partial charge on any atom is -0.319 e. The Morgan fingerprint density at radius 2 is 2.08 bits per heavy atom. The maximum atomic E-state index is 6.42. The highest BCUT2D eigenvalue weighted by Crippen LogP contribution is 2.32. The molecule has 0 aliphatic carbocycles. The zero-order valence-electron chi connectivity index (χ0n) is 13.4. The van der Waals surface area contributed by atoms with E-state index in [2.05, 4.69) is 58.3 Å². The van der Waals surface area contributed by atoms with Crippen molar-refractivity contribution in [3.8, 4) is 5.69 Å². The van der Waals surface area contributed by atoms with Gasteiger partial charge in [-0.1, -0.05) is 30.7 Å². The lowest BCUT2D eigenvalue weighted by Crippen LogP contribution is -2.21. The molecule has 0 bridgehead atoms. The second kappa shape index (κ2) is 6.98. The lowest BCUT2D eigenvalue weighted by molar-refractivity contribution is 0.599. The van der Waals surface area contributed by atoms with Gasteiger partial charge >= 0.3 is 0 Å². The summed E-state index contributed by atoms with van der Waals surface area (Å²) in [7, 11) is 0. The molecule has 24 heavy (non-hydrogen) atoms. The molecule has 4 rings (SSSR count). The lowest BCUT2D eigenvalue weighted by atomic mass is 10.1. The Balaban J connectivity index is 0.00000169. The fourth-order valence-corrected chi connectivity index (χ4v) is 3.45. The summed E-state index contributed by atoms with van der Waals surface area (Å²) in [6.45, 7) is 2.85. The smallest absolute Gasteiger partial charge is 0.0752 e. The third-order valence-corrected chi connectivity index (χ3v) is 4.81. The normalized spacial score (nSPS) is 15.8. The van der Waals surface area contributed by atoms with Crippen LogP contribution in [-0.2, 0) is 13.0 Å². The van der Waals surface area contributed by atoms with E-state index in [1.54, 1.807) is 0 Å². The molecule has 1 aliphatic rings. The van der Waals surface area contributed by atoms with E-state index in [1.165, 1.54) is 11.3 Å². The summed E-state index contributed by atoms with van der Waals surface area (Å²) in [6, 6.07) is 14.7. The minimum atomic E-state index is 0. The third-order valence-electron chi connectivity index (χ3n) is 4.46. The van der Waals surface area contributed by atoms with Crippen LogP contribution in [0.2, 0.25) is 5.02 Å². The van der Waals surface area contributed by atoms with Crippen molar-refractivity contribution < 1.29 is 0 Å². The first-order valence-electron chi connectivity index (χ1n) is 7.91. The van der Waals surface area contributed by atoms with Gasteiger partial charge in [-0.15, -0.1) is 12.4 Å². The molecule has 5 heteroatoms. The van der Waals surface area contributed by atoms with Gasteiger partial charge in [0.1, 0.15) is 0 Å². The molecule has 1 aliphatic heterocycles. The van der Waals surface area contributed by atoms with Crippen LogP contribution in [0, 0.1) is 0 Å². The van der Waals surface area contributed by atoms with Crippen LogP contribution in [0.25, 0.3) is 5.69 Å². The van der Waals surface area contributed by atoms with Crippen molar-refractivity contribution in [1.82, 2.24) is 14.9 Å². The number of aromatic nitrogens is 2. The summed E-state index contributed by atoms with van der Waals surface area (Å²) in [6.07, 6.45) is 5.03. The van der Waals surface area contributed by atoms with Crippen molar-refractivity contribution in [3.05, 3.63) is 82.4 Å². The maximum Gasteiger partial charge on any atom is 0.0752 e. The molecule has 3 heterocycles. The molecule has 0 saturated heterocycles. The molecule has 0 radical (unpaired) electrons. The molecule has 124 valence electrons. The number of halogens is 2. The first-order valence-corrected chi connectivity index (χ1v) is 8.29. The SMILES string of the molecule is CCc1ccc(C2NCc3c(Cl)cccc3-n3cccc32)cn1.Cl. The number of hydrogen-bond donors (Lipinski definition) is 1. The Kier molecular flexibility index (Phi) is 4.95. The van der Waals surface area contributed by atoms with Gasteiger partial charge in [0.2, 0.25) is 0 Å². The van der Waals surface area contributed by atoms with Gasteiger partial charge in [0.25, 0.3) is 0 Å². The van der Waals surface area contributed by atoms with E-state index in [0.717, 1.165) is 34.9 Å². The van der Waals surface area contributed by atoms with Crippen molar-refractivity contribution in [3.63, 3.8) is 0 Å². The van der Waals surface area contributed by atoms with Crippen LogP contribution in [0.1, 0.15) is 35.5 Å². The topological polar surface area (TPSA) is 29.9 Å². The van der Waals surface area contributed by atoms with Gasteiger partial charge in [-0.2, -0.15) is 0 Å². The number of rotatable bonds is 2. The number of nitrogens with one attached hydrogen (secondary N) is 1. The Morgan fingerprint density at radius 1 is 1.21 bits per heavy atom. The van der Waals surface area contributed by atoms with Crippen LogP contribution >= 0.6 is 24.0 Å². The predicted molar refractivity (Wildman–Crippen MR) is 100 cm³/mol. The zero-order chi connectivity index (χ0) is 15.8. The molecule has 2 aromatic heterocycles. The molecule has 1 aromatic carbocycles. The van der Waals surface area contributed by atoms with Crippen LogP contribution < -0.4 is 5.32 Å². The summed E-state index contributed by atoms with van der Waals surface area (Å²) in [5.74, 6) is 0. The fraction of sp³-hybridized carbons (Fsp3) is 0.211. The first-order chi connectivity index (χ1) is 11.3.